The summed E-state index contributed by atoms with van der Waals surface area (Å²) in [5, 5.41) is 0. The number of rotatable bonds is 8. The van der Waals surface area contributed by atoms with Crippen LogP contribution in [0.15, 0.2) is 29.2 Å². The number of hydrogen-bond acceptors (Lipinski definition) is 4. The van der Waals surface area contributed by atoms with Gasteiger partial charge in [-0.05, 0) is 38.3 Å². The summed E-state index contributed by atoms with van der Waals surface area (Å²) in [7, 11) is 0. The summed E-state index contributed by atoms with van der Waals surface area (Å²) in [6.07, 6.45) is 3.25. The lowest BCUT2D eigenvalue weighted by atomic mass is 10.2. The molecule has 0 unspecified atom stereocenters. The molecule has 0 fully saturated rings. The van der Waals surface area contributed by atoms with E-state index in [9.17, 15) is 4.79 Å². The molecular weight excluding hydrogens is 248 g/mol. The maximum atomic E-state index is 11.1. The third-order valence-corrected chi connectivity index (χ3v) is 2.82. The molecule has 0 heterocycles. The fourth-order valence-electron chi connectivity index (χ4n) is 1.54. The van der Waals surface area contributed by atoms with Crippen molar-refractivity contribution in [3.63, 3.8) is 0 Å². The summed E-state index contributed by atoms with van der Waals surface area (Å²) in [5.41, 5.74) is 0. The van der Waals surface area contributed by atoms with E-state index >= 15 is 0 Å². The van der Waals surface area contributed by atoms with Crippen LogP contribution in [0, 0.1) is 0 Å². The quantitative estimate of drug-likeness (QED) is 0.445. The molecule has 0 bridgehead atoms. The number of carbonyl (C=O) groups is 1. The van der Waals surface area contributed by atoms with E-state index in [0.29, 0.717) is 19.6 Å². The Morgan fingerprint density at radius 3 is 2.72 bits per heavy atom. The molecule has 0 saturated heterocycles. The second-order valence-electron chi connectivity index (χ2n) is 3.93. The van der Waals surface area contributed by atoms with Gasteiger partial charge in [-0.1, -0.05) is 12.1 Å². The van der Waals surface area contributed by atoms with Gasteiger partial charge in [0.05, 0.1) is 13.2 Å². The van der Waals surface area contributed by atoms with Crippen molar-refractivity contribution < 1.29 is 14.3 Å². The fourth-order valence-corrected chi connectivity index (χ4v) is 1.77. The first-order valence-corrected chi connectivity index (χ1v) is 6.75. The van der Waals surface area contributed by atoms with Crippen LogP contribution in [0.4, 0.5) is 0 Å². The number of carbonyl (C=O) groups excluding carboxylic acids is 1. The molecule has 0 atom stereocenters. The SMILES string of the molecule is CCOC(=O)CCCCCOc1ccccc1S. The van der Waals surface area contributed by atoms with Crippen molar-refractivity contribution in [2.45, 2.75) is 37.5 Å². The number of hydrogen-bond donors (Lipinski definition) is 1. The second-order valence-corrected chi connectivity index (χ2v) is 4.41. The molecule has 0 aromatic heterocycles. The average molecular weight is 268 g/mol. The molecule has 1 aromatic carbocycles. The van der Waals surface area contributed by atoms with Gasteiger partial charge in [-0.2, -0.15) is 0 Å². The molecule has 0 aliphatic rings. The van der Waals surface area contributed by atoms with E-state index in [-0.39, 0.29) is 5.97 Å². The highest BCUT2D eigenvalue weighted by molar-refractivity contribution is 7.80. The zero-order valence-electron chi connectivity index (χ0n) is 10.7. The first-order chi connectivity index (χ1) is 8.74. The van der Waals surface area contributed by atoms with Crippen LogP contribution in [-0.2, 0) is 9.53 Å². The highest BCUT2D eigenvalue weighted by atomic mass is 32.1. The molecule has 0 aliphatic heterocycles. The van der Waals surface area contributed by atoms with Crippen molar-refractivity contribution >= 4 is 18.6 Å². The minimum Gasteiger partial charge on any atom is -0.492 e. The number of thiol groups is 1. The van der Waals surface area contributed by atoms with Crippen molar-refractivity contribution in [2.75, 3.05) is 13.2 Å². The van der Waals surface area contributed by atoms with Crippen molar-refractivity contribution in [1.82, 2.24) is 0 Å². The van der Waals surface area contributed by atoms with E-state index in [1.807, 2.05) is 31.2 Å². The molecule has 18 heavy (non-hydrogen) atoms. The van der Waals surface area contributed by atoms with Crippen molar-refractivity contribution in [2.24, 2.45) is 0 Å². The smallest absolute Gasteiger partial charge is 0.305 e. The Bertz CT molecular complexity index is 366. The number of ether oxygens (including phenoxy) is 2. The monoisotopic (exact) mass is 268 g/mol. The van der Waals surface area contributed by atoms with Crippen molar-refractivity contribution in [3.05, 3.63) is 24.3 Å². The minimum absolute atomic E-state index is 0.112. The standard InChI is InChI=1S/C14H20O3S/c1-2-16-14(15)10-4-3-7-11-17-12-8-5-6-9-13(12)18/h5-6,8-9,18H,2-4,7,10-11H2,1H3. The molecule has 0 radical (unpaired) electrons. The summed E-state index contributed by atoms with van der Waals surface area (Å²) in [4.78, 5) is 11.9. The summed E-state index contributed by atoms with van der Waals surface area (Å²) in [5.74, 6) is 0.699. The van der Waals surface area contributed by atoms with E-state index in [4.69, 9.17) is 9.47 Å². The third kappa shape index (κ3) is 5.96. The first kappa shape index (κ1) is 14.9. The predicted molar refractivity (Wildman–Crippen MR) is 74.3 cm³/mol. The molecule has 0 aliphatic carbocycles. The number of esters is 1. The van der Waals surface area contributed by atoms with Crippen LogP contribution < -0.4 is 4.74 Å². The van der Waals surface area contributed by atoms with Crippen LogP contribution >= 0.6 is 12.6 Å². The van der Waals surface area contributed by atoms with Crippen molar-refractivity contribution in [3.8, 4) is 5.75 Å². The molecule has 1 aromatic rings. The molecule has 100 valence electrons. The van der Waals surface area contributed by atoms with Crippen LogP contribution in [0.1, 0.15) is 32.6 Å². The van der Waals surface area contributed by atoms with Gasteiger partial charge in [-0.3, -0.25) is 4.79 Å². The van der Waals surface area contributed by atoms with Gasteiger partial charge in [0.25, 0.3) is 0 Å². The van der Waals surface area contributed by atoms with Crippen LogP contribution in [0.25, 0.3) is 0 Å². The van der Waals surface area contributed by atoms with Crippen LogP contribution in [0.5, 0.6) is 5.75 Å². The third-order valence-electron chi connectivity index (χ3n) is 2.45. The topological polar surface area (TPSA) is 35.5 Å². The Hall–Kier alpha value is -1.16. The zero-order valence-corrected chi connectivity index (χ0v) is 11.6. The second kappa shape index (κ2) is 8.86. The Morgan fingerprint density at radius 2 is 2.00 bits per heavy atom. The number of unbranched alkanes of at least 4 members (excludes halogenated alkanes) is 2. The molecule has 0 N–H and O–H groups in total. The summed E-state index contributed by atoms with van der Waals surface area (Å²) in [6, 6.07) is 7.66. The minimum atomic E-state index is -0.112. The van der Waals surface area contributed by atoms with Crippen LogP contribution in [0.3, 0.4) is 0 Å². The normalized spacial score (nSPS) is 10.1. The molecule has 0 spiro atoms. The zero-order chi connectivity index (χ0) is 13.2. The van der Waals surface area contributed by atoms with E-state index in [2.05, 4.69) is 12.6 Å². The fraction of sp³-hybridized carbons (Fsp3) is 0.500. The molecular formula is C14H20O3S. The van der Waals surface area contributed by atoms with Gasteiger partial charge in [0, 0.05) is 11.3 Å². The van der Waals surface area contributed by atoms with Gasteiger partial charge in [-0.15, -0.1) is 12.6 Å². The Balaban J connectivity index is 2.06. The van der Waals surface area contributed by atoms with E-state index in [0.717, 1.165) is 29.9 Å². The summed E-state index contributed by atoms with van der Waals surface area (Å²) >= 11 is 4.31. The molecule has 4 heteroatoms. The molecule has 3 nitrogen and oxygen atoms in total. The lowest BCUT2D eigenvalue weighted by molar-refractivity contribution is -0.143. The maximum Gasteiger partial charge on any atom is 0.305 e. The van der Waals surface area contributed by atoms with Crippen LogP contribution in [0.2, 0.25) is 0 Å². The van der Waals surface area contributed by atoms with Gasteiger partial charge in [0.15, 0.2) is 0 Å². The highest BCUT2D eigenvalue weighted by Crippen LogP contribution is 2.21. The van der Waals surface area contributed by atoms with Gasteiger partial charge >= 0.3 is 5.97 Å². The number of benzene rings is 1. The Kier molecular flexibility index (Phi) is 7.34. The lowest BCUT2D eigenvalue weighted by Gasteiger charge is -2.07. The average Bonchev–Trinajstić information content (AvgIpc) is 2.36. The summed E-state index contributed by atoms with van der Waals surface area (Å²) < 4.78 is 10.5. The van der Waals surface area contributed by atoms with E-state index < -0.39 is 0 Å². The Labute approximate surface area is 114 Å². The first-order valence-electron chi connectivity index (χ1n) is 6.30. The lowest BCUT2D eigenvalue weighted by Crippen LogP contribution is -2.04. The van der Waals surface area contributed by atoms with Gasteiger partial charge < -0.3 is 9.47 Å². The number of para-hydroxylation sites is 1. The van der Waals surface area contributed by atoms with Crippen molar-refractivity contribution in [1.29, 1.82) is 0 Å². The maximum absolute atomic E-state index is 11.1. The Morgan fingerprint density at radius 1 is 1.22 bits per heavy atom. The van der Waals surface area contributed by atoms with Gasteiger partial charge in [0.2, 0.25) is 0 Å². The van der Waals surface area contributed by atoms with Gasteiger partial charge in [-0.25, -0.2) is 0 Å². The van der Waals surface area contributed by atoms with Crippen LogP contribution in [-0.4, -0.2) is 19.2 Å². The highest BCUT2D eigenvalue weighted by Gasteiger charge is 2.01. The summed E-state index contributed by atoms with van der Waals surface area (Å²) in [6.45, 7) is 2.93. The van der Waals surface area contributed by atoms with E-state index in [1.54, 1.807) is 0 Å². The molecule has 0 amide bonds. The van der Waals surface area contributed by atoms with Gasteiger partial charge in [0.1, 0.15) is 5.75 Å². The predicted octanol–water partition coefficient (Wildman–Crippen LogP) is 3.48. The molecule has 0 saturated carbocycles. The largest absolute Gasteiger partial charge is 0.492 e. The molecule has 1 rings (SSSR count). The van der Waals surface area contributed by atoms with E-state index in [1.165, 1.54) is 0 Å².